The second-order valence-electron chi connectivity index (χ2n) is 5.81. The third-order valence-electron chi connectivity index (χ3n) is 4.38. The predicted octanol–water partition coefficient (Wildman–Crippen LogP) is 2.33. The summed E-state index contributed by atoms with van der Waals surface area (Å²) in [6.07, 6.45) is 8.46. The van der Waals surface area contributed by atoms with Crippen molar-refractivity contribution in [1.82, 2.24) is 5.32 Å². The number of hydrogen-bond acceptors (Lipinski definition) is 2. The molecule has 2 aliphatic rings. The Kier molecular flexibility index (Phi) is 4.61. The Labute approximate surface area is 108 Å². The van der Waals surface area contributed by atoms with E-state index in [-0.39, 0.29) is 24.2 Å². The Bertz CT molecular complexity index is 302. The van der Waals surface area contributed by atoms with Crippen LogP contribution in [-0.4, -0.2) is 23.0 Å². The van der Waals surface area contributed by atoms with Gasteiger partial charge in [0.05, 0.1) is 0 Å². The van der Waals surface area contributed by atoms with E-state index in [1.165, 1.54) is 12.8 Å². The van der Waals surface area contributed by atoms with Crippen LogP contribution >= 0.6 is 0 Å². The van der Waals surface area contributed by atoms with Crippen molar-refractivity contribution in [3.8, 4) is 0 Å². The summed E-state index contributed by atoms with van der Waals surface area (Å²) in [7, 11) is 0. The molecule has 0 saturated heterocycles. The van der Waals surface area contributed by atoms with Gasteiger partial charge >= 0.3 is 5.97 Å². The molecule has 0 radical (unpaired) electrons. The lowest BCUT2D eigenvalue weighted by Gasteiger charge is -2.27. The molecule has 0 unspecified atom stereocenters. The third kappa shape index (κ3) is 3.72. The number of carbonyl (C=O) groups is 2. The normalized spacial score (nSPS) is 29.1. The van der Waals surface area contributed by atoms with Gasteiger partial charge < -0.3 is 10.4 Å². The first kappa shape index (κ1) is 13.4. The molecule has 0 atom stereocenters. The maximum Gasteiger partial charge on any atom is 0.303 e. The molecule has 102 valence electrons. The van der Waals surface area contributed by atoms with Crippen molar-refractivity contribution >= 4 is 11.9 Å². The van der Waals surface area contributed by atoms with Gasteiger partial charge in [-0.1, -0.05) is 12.8 Å². The summed E-state index contributed by atoms with van der Waals surface area (Å²) in [6, 6.07) is 0.397. The largest absolute Gasteiger partial charge is 0.481 e. The molecule has 18 heavy (non-hydrogen) atoms. The monoisotopic (exact) mass is 253 g/mol. The van der Waals surface area contributed by atoms with Crippen LogP contribution in [0.5, 0.6) is 0 Å². The number of carboxylic acids is 1. The summed E-state index contributed by atoms with van der Waals surface area (Å²) in [5, 5.41) is 11.9. The predicted molar refractivity (Wildman–Crippen MR) is 68.1 cm³/mol. The summed E-state index contributed by atoms with van der Waals surface area (Å²) >= 11 is 0. The highest BCUT2D eigenvalue weighted by atomic mass is 16.4. The Morgan fingerprint density at radius 1 is 1.00 bits per heavy atom. The minimum absolute atomic E-state index is 0.121. The minimum atomic E-state index is -0.714. The van der Waals surface area contributed by atoms with E-state index in [1.807, 2.05) is 0 Å². The van der Waals surface area contributed by atoms with E-state index < -0.39 is 5.97 Å². The second kappa shape index (κ2) is 6.21. The van der Waals surface area contributed by atoms with Crippen molar-refractivity contribution in [2.24, 2.45) is 11.8 Å². The van der Waals surface area contributed by atoms with Crippen LogP contribution in [0.2, 0.25) is 0 Å². The molecule has 0 spiro atoms. The Morgan fingerprint density at radius 3 is 2.17 bits per heavy atom. The van der Waals surface area contributed by atoms with Gasteiger partial charge in [0.1, 0.15) is 0 Å². The maximum absolute atomic E-state index is 12.1. The van der Waals surface area contributed by atoms with Crippen LogP contribution in [0.4, 0.5) is 0 Å². The molecule has 2 saturated carbocycles. The van der Waals surface area contributed by atoms with E-state index >= 15 is 0 Å². The van der Waals surface area contributed by atoms with Gasteiger partial charge in [0.25, 0.3) is 0 Å². The molecule has 0 aromatic heterocycles. The summed E-state index contributed by atoms with van der Waals surface area (Å²) in [6.45, 7) is 0. The van der Waals surface area contributed by atoms with E-state index in [1.54, 1.807) is 0 Å². The van der Waals surface area contributed by atoms with Crippen LogP contribution < -0.4 is 5.32 Å². The van der Waals surface area contributed by atoms with Crippen molar-refractivity contribution in [2.75, 3.05) is 0 Å². The highest BCUT2D eigenvalue weighted by Crippen LogP contribution is 2.31. The van der Waals surface area contributed by atoms with E-state index in [9.17, 15) is 9.59 Å². The molecule has 4 heteroatoms. The van der Waals surface area contributed by atoms with Gasteiger partial charge in [-0.3, -0.25) is 9.59 Å². The number of carbonyl (C=O) groups excluding carboxylic acids is 1. The number of nitrogens with one attached hydrogen (secondary N) is 1. The first-order valence-electron chi connectivity index (χ1n) is 7.17. The molecule has 0 heterocycles. The van der Waals surface area contributed by atoms with Crippen LogP contribution in [-0.2, 0) is 9.59 Å². The molecule has 2 aliphatic carbocycles. The fraction of sp³-hybridized carbons (Fsp3) is 0.857. The molecule has 2 fully saturated rings. The van der Waals surface area contributed by atoms with Crippen molar-refractivity contribution < 1.29 is 14.7 Å². The Morgan fingerprint density at radius 2 is 1.61 bits per heavy atom. The van der Waals surface area contributed by atoms with Crippen LogP contribution in [0.1, 0.15) is 57.8 Å². The van der Waals surface area contributed by atoms with Crippen molar-refractivity contribution in [3.63, 3.8) is 0 Å². The lowest BCUT2D eigenvalue weighted by Crippen LogP contribution is -2.38. The van der Waals surface area contributed by atoms with E-state index in [0.717, 1.165) is 38.5 Å². The van der Waals surface area contributed by atoms with Crippen LogP contribution in [0, 0.1) is 11.8 Å². The van der Waals surface area contributed by atoms with Gasteiger partial charge in [0.2, 0.25) is 5.91 Å². The Balaban J connectivity index is 1.71. The number of amides is 1. The zero-order valence-corrected chi connectivity index (χ0v) is 10.9. The third-order valence-corrected chi connectivity index (χ3v) is 4.38. The number of aliphatic carboxylic acids is 1. The average Bonchev–Trinajstić information content (AvgIpc) is 2.82. The lowest BCUT2D eigenvalue weighted by atomic mass is 9.80. The molecule has 4 nitrogen and oxygen atoms in total. The van der Waals surface area contributed by atoms with Gasteiger partial charge in [-0.05, 0) is 44.4 Å². The van der Waals surface area contributed by atoms with E-state index in [0.29, 0.717) is 6.04 Å². The fourth-order valence-corrected chi connectivity index (χ4v) is 3.26. The van der Waals surface area contributed by atoms with Crippen LogP contribution in [0.3, 0.4) is 0 Å². The minimum Gasteiger partial charge on any atom is -0.481 e. The molecular formula is C14H23NO3. The van der Waals surface area contributed by atoms with E-state index in [4.69, 9.17) is 5.11 Å². The zero-order valence-electron chi connectivity index (χ0n) is 10.9. The second-order valence-corrected chi connectivity index (χ2v) is 5.81. The highest BCUT2D eigenvalue weighted by molar-refractivity contribution is 5.79. The quantitative estimate of drug-likeness (QED) is 0.808. The molecule has 0 aromatic rings. The Hall–Kier alpha value is -1.06. The number of rotatable bonds is 4. The van der Waals surface area contributed by atoms with E-state index in [2.05, 4.69) is 5.32 Å². The molecule has 1 amide bonds. The summed E-state index contributed by atoms with van der Waals surface area (Å²) in [5.74, 6) is -0.113. The van der Waals surface area contributed by atoms with Crippen LogP contribution in [0.25, 0.3) is 0 Å². The molecule has 0 aromatic carbocycles. The van der Waals surface area contributed by atoms with Crippen molar-refractivity contribution in [1.29, 1.82) is 0 Å². The summed E-state index contributed by atoms with van der Waals surface area (Å²) in [4.78, 5) is 22.7. The first-order valence-corrected chi connectivity index (χ1v) is 7.17. The van der Waals surface area contributed by atoms with Gasteiger partial charge in [0, 0.05) is 18.4 Å². The molecular weight excluding hydrogens is 230 g/mol. The maximum atomic E-state index is 12.1. The smallest absolute Gasteiger partial charge is 0.303 e. The molecule has 2 rings (SSSR count). The average molecular weight is 253 g/mol. The van der Waals surface area contributed by atoms with Crippen molar-refractivity contribution in [3.05, 3.63) is 0 Å². The first-order chi connectivity index (χ1) is 8.65. The zero-order chi connectivity index (χ0) is 13.0. The topological polar surface area (TPSA) is 66.4 Å². The molecule has 0 aliphatic heterocycles. The summed E-state index contributed by atoms with van der Waals surface area (Å²) < 4.78 is 0. The number of carboxylic acid groups (broad SMARTS) is 1. The van der Waals surface area contributed by atoms with Crippen molar-refractivity contribution in [2.45, 2.75) is 63.8 Å². The van der Waals surface area contributed by atoms with Gasteiger partial charge in [0.15, 0.2) is 0 Å². The number of hydrogen-bond donors (Lipinski definition) is 2. The van der Waals surface area contributed by atoms with Crippen LogP contribution in [0.15, 0.2) is 0 Å². The molecule has 2 N–H and O–H groups in total. The van der Waals surface area contributed by atoms with Gasteiger partial charge in [-0.15, -0.1) is 0 Å². The molecule has 0 bridgehead atoms. The fourth-order valence-electron chi connectivity index (χ4n) is 3.26. The standard InChI is InChI=1S/C14H23NO3/c16-13(17)9-10-5-7-11(8-6-10)14(18)15-12-3-1-2-4-12/h10-12H,1-9H2,(H,15,18)(H,16,17). The highest BCUT2D eigenvalue weighted by Gasteiger charge is 2.28. The SMILES string of the molecule is O=C(O)CC1CCC(C(=O)NC2CCCC2)CC1. The summed E-state index contributed by atoms with van der Waals surface area (Å²) in [5.41, 5.74) is 0. The lowest BCUT2D eigenvalue weighted by molar-refractivity contribution is -0.138. The van der Waals surface area contributed by atoms with Gasteiger partial charge in [-0.2, -0.15) is 0 Å². The van der Waals surface area contributed by atoms with Gasteiger partial charge in [-0.25, -0.2) is 0 Å².